The lowest BCUT2D eigenvalue weighted by molar-refractivity contribution is 0.322. The third kappa shape index (κ3) is 4.70. The Morgan fingerprint density at radius 2 is 1.41 bits per heavy atom. The summed E-state index contributed by atoms with van der Waals surface area (Å²) in [6.07, 6.45) is 5.73. The second-order valence-corrected chi connectivity index (χ2v) is 9.22. The predicted molar refractivity (Wildman–Crippen MR) is 137 cm³/mol. The first-order valence-electron chi connectivity index (χ1n) is 12.3. The minimum atomic E-state index is 0.204. The Bertz CT molecular complexity index is 1020. The van der Waals surface area contributed by atoms with Crippen molar-refractivity contribution in [3.63, 3.8) is 0 Å². The molecule has 0 fully saturated rings. The van der Waals surface area contributed by atoms with Gasteiger partial charge in [-0.2, -0.15) is 0 Å². The van der Waals surface area contributed by atoms with Crippen molar-refractivity contribution in [1.29, 1.82) is 0 Å². The summed E-state index contributed by atoms with van der Waals surface area (Å²) in [5.74, 6) is 0.938. The molecule has 4 rings (SSSR count). The molecule has 0 saturated carbocycles. The molecule has 0 heterocycles. The molecule has 0 N–H and O–H groups in total. The highest BCUT2D eigenvalue weighted by Crippen LogP contribution is 2.31. The molecule has 0 bridgehead atoms. The summed E-state index contributed by atoms with van der Waals surface area (Å²) in [6.45, 7) is 10.9. The van der Waals surface area contributed by atoms with Crippen molar-refractivity contribution in [3.8, 4) is 16.9 Å². The van der Waals surface area contributed by atoms with Gasteiger partial charge < -0.3 is 9.64 Å². The Balaban J connectivity index is 1.36. The zero-order valence-electron chi connectivity index (χ0n) is 20.2. The Hall–Kier alpha value is -2.74. The van der Waals surface area contributed by atoms with Crippen molar-refractivity contribution in [2.24, 2.45) is 0 Å². The van der Waals surface area contributed by atoms with E-state index in [1.54, 1.807) is 0 Å². The zero-order chi connectivity index (χ0) is 22.6. The third-order valence-corrected chi connectivity index (χ3v) is 7.45. The van der Waals surface area contributed by atoms with Crippen LogP contribution in [0.2, 0.25) is 0 Å². The summed E-state index contributed by atoms with van der Waals surface area (Å²) in [5, 5.41) is 0. The average Bonchev–Trinajstić information content (AvgIpc) is 2.82. The number of benzene rings is 3. The summed E-state index contributed by atoms with van der Waals surface area (Å²) in [5.41, 5.74) is 8.40. The van der Waals surface area contributed by atoms with Crippen LogP contribution in [0, 0.1) is 0 Å². The van der Waals surface area contributed by atoms with Crippen LogP contribution in [0.1, 0.15) is 57.2 Å². The molecule has 0 atom stereocenters. The number of fused-ring (bicyclic) bond motifs is 1. The van der Waals surface area contributed by atoms with E-state index in [0.717, 1.165) is 31.6 Å². The standard InChI is InChI=1S/C30H37NO/c1-5-30(4,6-2)31(7-3)28-16-12-24(13-17-28)25-14-18-29(19-15-25)32-21-20-23-8-9-26-10-11-27(26)22-23/h8-9,12-19,22H,5-7,10-11,20-21H2,1-4H3. The second kappa shape index (κ2) is 9.81. The fourth-order valence-corrected chi connectivity index (χ4v) is 4.78. The van der Waals surface area contributed by atoms with Crippen molar-refractivity contribution in [1.82, 2.24) is 0 Å². The van der Waals surface area contributed by atoms with E-state index < -0.39 is 0 Å². The van der Waals surface area contributed by atoms with Crippen LogP contribution in [-0.4, -0.2) is 18.7 Å². The smallest absolute Gasteiger partial charge is 0.119 e. The quantitative estimate of drug-likeness (QED) is 0.332. The van der Waals surface area contributed by atoms with Gasteiger partial charge in [0.2, 0.25) is 0 Å². The number of ether oxygens (including phenoxy) is 1. The maximum Gasteiger partial charge on any atom is 0.119 e. The highest BCUT2D eigenvalue weighted by Gasteiger charge is 2.27. The average molecular weight is 428 g/mol. The molecular formula is C30H37NO. The van der Waals surface area contributed by atoms with Gasteiger partial charge in [-0.05, 0) is 91.6 Å². The van der Waals surface area contributed by atoms with Crippen LogP contribution < -0.4 is 9.64 Å². The molecule has 0 unspecified atom stereocenters. The molecule has 2 nitrogen and oxygen atoms in total. The molecule has 0 radical (unpaired) electrons. The van der Waals surface area contributed by atoms with Gasteiger partial charge >= 0.3 is 0 Å². The van der Waals surface area contributed by atoms with Gasteiger partial charge in [0, 0.05) is 24.2 Å². The lowest BCUT2D eigenvalue weighted by Crippen LogP contribution is -2.45. The minimum Gasteiger partial charge on any atom is -0.493 e. The first kappa shape index (κ1) is 22.5. The van der Waals surface area contributed by atoms with Gasteiger partial charge in [0.25, 0.3) is 0 Å². The molecule has 32 heavy (non-hydrogen) atoms. The molecule has 0 amide bonds. The van der Waals surface area contributed by atoms with E-state index in [2.05, 4.69) is 99.3 Å². The van der Waals surface area contributed by atoms with E-state index in [0.29, 0.717) is 6.61 Å². The first-order chi connectivity index (χ1) is 15.6. The summed E-state index contributed by atoms with van der Waals surface area (Å²) < 4.78 is 6.01. The van der Waals surface area contributed by atoms with Crippen LogP contribution in [0.3, 0.4) is 0 Å². The lowest BCUT2D eigenvalue weighted by Gasteiger charge is -2.41. The Morgan fingerprint density at radius 1 is 0.781 bits per heavy atom. The molecule has 0 spiro atoms. The highest BCUT2D eigenvalue weighted by atomic mass is 16.5. The summed E-state index contributed by atoms with van der Waals surface area (Å²) in [4.78, 5) is 2.53. The first-order valence-corrected chi connectivity index (χ1v) is 12.3. The van der Waals surface area contributed by atoms with Crippen molar-refractivity contribution in [2.45, 2.75) is 65.3 Å². The maximum atomic E-state index is 6.01. The van der Waals surface area contributed by atoms with Crippen LogP contribution in [0.4, 0.5) is 5.69 Å². The predicted octanol–water partition coefficient (Wildman–Crippen LogP) is 7.48. The van der Waals surface area contributed by atoms with Gasteiger partial charge in [-0.3, -0.25) is 0 Å². The highest BCUT2D eigenvalue weighted by molar-refractivity contribution is 5.67. The lowest BCUT2D eigenvalue weighted by atomic mass is 9.87. The molecule has 1 aliphatic rings. The van der Waals surface area contributed by atoms with E-state index in [-0.39, 0.29) is 5.54 Å². The topological polar surface area (TPSA) is 12.5 Å². The van der Waals surface area contributed by atoms with Crippen molar-refractivity contribution < 1.29 is 4.74 Å². The number of nitrogens with zero attached hydrogens (tertiary/aromatic N) is 1. The fraction of sp³-hybridized carbons (Fsp3) is 0.400. The van der Waals surface area contributed by atoms with Gasteiger partial charge in [0.1, 0.15) is 5.75 Å². The van der Waals surface area contributed by atoms with Crippen molar-refractivity contribution in [3.05, 3.63) is 83.4 Å². The zero-order valence-corrected chi connectivity index (χ0v) is 20.2. The van der Waals surface area contributed by atoms with E-state index in [1.165, 1.54) is 46.3 Å². The molecule has 1 aliphatic carbocycles. The second-order valence-electron chi connectivity index (χ2n) is 9.22. The molecule has 0 aliphatic heterocycles. The Labute approximate surface area is 194 Å². The number of hydrogen-bond acceptors (Lipinski definition) is 2. The van der Waals surface area contributed by atoms with E-state index in [9.17, 15) is 0 Å². The molecular weight excluding hydrogens is 390 g/mol. The number of anilines is 1. The van der Waals surface area contributed by atoms with Gasteiger partial charge in [-0.15, -0.1) is 0 Å². The van der Waals surface area contributed by atoms with Crippen LogP contribution in [0.15, 0.2) is 66.7 Å². The summed E-state index contributed by atoms with van der Waals surface area (Å²) in [6, 6.07) is 24.4. The minimum absolute atomic E-state index is 0.204. The Kier molecular flexibility index (Phi) is 6.89. The molecule has 3 aromatic rings. The van der Waals surface area contributed by atoms with Crippen molar-refractivity contribution in [2.75, 3.05) is 18.1 Å². The monoisotopic (exact) mass is 427 g/mol. The van der Waals surface area contributed by atoms with Crippen LogP contribution in [0.5, 0.6) is 5.75 Å². The van der Waals surface area contributed by atoms with Crippen LogP contribution in [0.25, 0.3) is 11.1 Å². The molecule has 3 aromatic carbocycles. The van der Waals surface area contributed by atoms with E-state index in [1.807, 2.05) is 0 Å². The number of aryl methyl sites for hydroxylation is 2. The fourth-order valence-electron chi connectivity index (χ4n) is 4.78. The normalized spacial score (nSPS) is 12.8. The number of hydrogen-bond donors (Lipinski definition) is 0. The maximum absolute atomic E-state index is 6.01. The summed E-state index contributed by atoms with van der Waals surface area (Å²) in [7, 11) is 0. The van der Waals surface area contributed by atoms with Crippen molar-refractivity contribution >= 4 is 5.69 Å². The van der Waals surface area contributed by atoms with Crippen LogP contribution in [-0.2, 0) is 19.3 Å². The van der Waals surface area contributed by atoms with Gasteiger partial charge in [-0.1, -0.05) is 56.3 Å². The van der Waals surface area contributed by atoms with E-state index >= 15 is 0 Å². The van der Waals surface area contributed by atoms with Gasteiger partial charge in [0.15, 0.2) is 0 Å². The van der Waals surface area contributed by atoms with Gasteiger partial charge in [0.05, 0.1) is 6.61 Å². The summed E-state index contributed by atoms with van der Waals surface area (Å²) >= 11 is 0. The number of rotatable bonds is 10. The molecule has 168 valence electrons. The SMILES string of the molecule is CCN(c1ccc(-c2ccc(OCCc3ccc4c(c3)CC4)cc2)cc1)C(C)(CC)CC. The van der Waals surface area contributed by atoms with E-state index in [4.69, 9.17) is 4.74 Å². The molecule has 0 aromatic heterocycles. The third-order valence-electron chi connectivity index (χ3n) is 7.45. The Morgan fingerprint density at radius 3 is 1.94 bits per heavy atom. The molecule has 2 heteroatoms. The van der Waals surface area contributed by atoms with Crippen LogP contribution >= 0.6 is 0 Å². The largest absolute Gasteiger partial charge is 0.493 e. The van der Waals surface area contributed by atoms with Gasteiger partial charge in [-0.25, -0.2) is 0 Å². The molecule has 0 saturated heterocycles.